The summed E-state index contributed by atoms with van der Waals surface area (Å²) >= 11 is 6.00. The molecule has 0 saturated heterocycles. The van der Waals surface area contributed by atoms with Gasteiger partial charge in [0.15, 0.2) is 5.82 Å². The second-order valence-electron chi connectivity index (χ2n) is 4.85. The molecule has 0 aliphatic rings. The average Bonchev–Trinajstić information content (AvgIpc) is 2.46. The van der Waals surface area contributed by atoms with Crippen molar-refractivity contribution in [2.75, 3.05) is 13.7 Å². The van der Waals surface area contributed by atoms with Gasteiger partial charge in [-0.05, 0) is 44.2 Å². The third kappa shape index (κ3) is 4.16. The molecule has 2 rings (SSSR count). The standard InChI is InChI=1S/C16H20ClN3O/c1-4-7-18-10-13-8-11(2)19-16(20-13)14-6-5-12(17)9-15(14)21-3/h5-6,8-9,18H,4,7,10H2,1-3H3. The number of halogens is 1. The van der Waals surface area contributed by atoms with E-state index in [4.69, 9.17) is 16.3 Å². The van der Waals surface area contributed by atoms with Crippen molar-refractivity contribution in [3.63, 3.8) is 0 Å². The predicted molar refractivity (Wildman–Crippen MR) is 85.8 cm³/mol. The molecule has 0 atom stereocenters. The molecular weight excluding hydrogens is 286 g/mol. The van der Waals surface area contributed by atoms with E-state index in [2.05, 4.69) is 22.2 Å². The molecule has 4 nitrogen and oxygen atoms in total. The highest BCUT2D eigenvalue weighted by molar-refractivity contribution is 6.30. The Morgan fingerprint density at radius 1 is 1.24 bits per heavy atom. The molecule has 0 fully saturated rings. The van der Waals surface area contributed by atoms with Crippen LogP contribution in [0.4, 0.5) is 0 Å². The quantitative estimate of drug-likeness (QED) is 0.828. The molecule has 1 aromatic carbocycles. The summed E-state index contributed by atoms with van der Waals surface area (Å²) < 4.78 is 5.38. The van der Waals surface area contributed by atoms with Gasteiger partial charge >= 0.3 is 0 Å². The Hall–Kier alpha value is -1.65. The molecule has 0 saturated carbocycles. The SMILES string of the molecule is CCCNCc1cc(C)nc(-c2ccc(Cl)cc2OC)n1. The number of nitrogens with one attached hydrogen (secondary N) is 1. The zero-order chi connectivity index (χ0) is 15.2. The Labute approximate surface area is 130 Å². The summed E-state index contributed by atoms with van der Waals surface area (Å²) in [4.78, 5) is 9.13. The molecule has 2 aromatic rings. The van der Waals surface area contributed by atoms with Gasteiger partial charge in [-0.3, -0.25) is 0 Å². The molecule has 1 aromatic heterocycles. The van der Waals surface area contributed by atoms with E-state index < -0.39 is 0 Å². The van der Waals surface area contributed by atoms with Crippen molar-refractivity contribution in [1.29, 1.82) is 0 Å². The first-order chi connectivity index (χ1) is 10.1. The fourth-order valence-electron chi connectivity index (χ4n) is 2.09. The van der Waals surface area contributed by atoms with Gasteiger partial charge in [-0.2, -0.15) is 0 Å². The third-order valence-electron chi connectivity index (χ3n) is 3.04. The summed E-state index contributed by atoms with van der Waals surface area (Å²) in [5, 5.41) is 3.98. The van der Waals surface area contributed by atoms with Gasteiger partial charge in [0.25, 0.3) is 0 Å². The van der Waals surface area contributed by atoms with Crippen LogP contribution in [0.2, 0.25) is 5.02 Å². The van der Waals surface area contributed by atoms with Crippen molar-refractivity contribution >= 4 is 11.6 Å². The molecule has 21 heavy (non-hydrogen) atoms. The molecular formula is C16H20ClN3O. The van der Waals surface area contributed by atoms with Crippen LogP contribution in [0.1, 0.15) is 24.7 Å². The molecule has 5 heteroatoms. The average molecular weight is 306 g/mol. The van der Waals surface area contributed by atoms with Crippen LogP contribution in [-0.4, -0.2) is 23.6 Å². The summed E-state index contributed by atoms with van der Waals surface area (Å²) in [5.74, 6) is 1.34. The molecule has 112 valence electrons. The molecule has 0 amide bonds. The number of aromatic nitrogens is 2. The Bertz CT molecular complexity index is 616. The largest absolute Gasteiger partial charge is 0.496 e. The maximum atomic E-state index is 6.00. The molecule has 0 aliphatic carbocycles. The fraction of sp³-hybridized carbons (Fsp3) is 0.375. The van der Waals surface area contributed by atoms with Crippen LogP contribution in [0, 0.1) is 6.92 Å². The lowest BCUT2D eigenvalue weighted by Gasteiger charge is -2.10. The summed E-state index contributed by atoms with van der Waals surface area (Å²) in [6.45, 7) is 5.82. The number of ether oxygens (including phenoxy) is 1. The van der Waals surface area contributed by atoms with Crippen molar-refractivity contribution in [2.45, 2.75) is 26.8 Å². The highest BCUT2D eigenvalue weighted by Crippen LogP contribution is 2.30. The fourth-order valence-corrected chi connectivity index (χ4v) is 2.25. The maximum Gasteiger partial charge on any atom is 0.163 e. The molecule has 0 bridgehead atoms. The Kier molecular flexibility index (Phi) is 5.53. The molecule has 1 N–H and O–H groups in total. The smallest absolute Gasteiger partial charge is 0.163 e. The lowest BCUT2D eigenvalue weighted by Crippen LogP contribution is -2.15. The van der Waals surface area contributed by atoms with Crippen LogP contribution in [-0.2, 0) is 6.54 Å². The van der Waals surface area contributed by atoms with Crippen LogP contribution in [0.5, 0.6) is 5.75 Å². The van der Waals surface area contributed by atoms with E-state index in [0.717, 1.165) is 36.5 Å². The molecule has 0 spiro atoms. The first-order valence-corrected chi connectivity index (χ1v) is 7.41. The van der Waals surface area contributed by atoms with E-state index in [1.807, 2.05) is 25.1 Å². The first kappa shape index (κ1) is 15.7. The summed E-state index contributed by atoms with van der Waals surface area (Å²) in [5.41, 5.74) is 2.76. The Morgan fingerprint density at radius 3 is 2.76 bits per heavy atom. The van der Waals surface area contributed by atoms with Gasteiger partial charge in [-0.1, -0.05) is 18.5 Å². The zero-order valence-electron chi connectivity index (χ0n) is 12.6. The third-order valence-corrected chi connectivity index (χ3v) is 3.28. The molecule has 0 radical (unpaired) electrons. The topological polar surface area (TPSA) is 47.0 Å². The summed E-state index contributed by atoms with van der Waals surface area (Å²) in [7, 11) is 1.62. The van der Waals surface area contributed by atoms with Gasteiger partial charge < -0.3 is 10.1 Å². The van der Waals surface area contributed by atoms with Crippen molar-refractivity contribution < 1.29 is 4.74 Å². The van der Waals surface area contributed by atoms with E-state index in [-0.39, 0.29) is 0 Å². The Balaban J connectivity index is 2.35. The van der Waals surface area contributed by atoms with Crippen molar-refractivity contribution in [3.05, 3.63) is 40.7 Å². The summed E-state index contributed by atoms with van der Waals surface area (Å²) in [6, 6.07) is 7.48. The highest BCUT2D eigenvalue weighted by Gasteiger charge is 2.11. The minimum atomic E-state index is 0.632. The van der Waals surface area contributed by atoms with E-state index in [9.17, 15) is 0 Å². The van der Waals surface area contributed by atoms with Crippen molar-refractivity contribution in [3.8, 4) is 17.1 Å². The lowest BCUT2D eigenvalue weighted by atomic mass is 10.1. The van der Waals surface area contributed by atoms with Crippen LogP contribution < -0.4 is 10.1 Å². The number of nitrogens with zero attached hydrogens (tertiary/aromatic N) is 2. The second kappa shape index (κ2) is 7.38. The summed E-state index contributed by atoms with van der Waals surface area (Å²) in [6.07, 6.45) is 1.10. The van der Waals surface area contributed by atoms with Gasteiger partial charge in [0.2, 0.25) is 0 Å². The first-order valence-electron chi connectivity index (χ1n) is 7.03. The van der Waals surface area contributed by atoms with Gasteiger partial charge in [0.05, 0.1) is 18.4 Å². The van der Waals surface area contributed by atoms with E-state index in [0.29, 0.717) is 16.6 Å². The lowest BCUT2D eigenvalue weighted by molar-refractivity contribution is 0.416. The maximum absolute atomic E-state index is 6.00. The predicted octanol–water partition coefficient (Wildman–Crippen LogP) is 3.61. The second-order valence-corrected chi connectivity index (χ2v) is 5.28. The molecule has 0 aliphatic heterocycles. The number of aryl methyl sites for hydroxylation is 1. The Morgan fingerprint density at radius 2 is 2.05 bits per heavy atom. The van der Waals surface area contributed by atoms with E-state index in [1.165, 1.54) is 0 Å². The highest BCUT2D eigenvalue weighted by atomic mass is 35.5. The zero-order valence-corrected chi connectivity index (χ0v) is 13.4. The molecule has 0 unspecified atom stereocenters. The van der Waals surface area contributed by atoms with Gasteiger partial charge in [0.1, 0.15) is 5.75 Å². The van der Waals surface area contributed by atoms with Crippen LogP contribution in [0.3, 0.4) is 0 Å². The van der Waals surface area contributed by atoms with Gasteiger partial charge in [-0.15, -0.1) is 0 Å². The minimum Gasteiger partial charge on any atom is -0.496 e. The number of hydrogen-bond donors (Lipinski definition) is 1. The van der Waals surface area contributed by atoms with Crippen LogP contribution in [0.25, 0.3) is 11.4 Å². The van der Waals surface area contributed by atoms with E-state index >= 15 is 0 Å². The van der Waals surface area contributed by atoms with Crippen LogP contribution in [0.15, 0.2) is 24.3 Å². The van der Waals surface area contributed by atoms with Crippen molar-refractivity contribution in [1.82, 2.24) is 15.3 Å². The van der Waals surface area contributed by atoms with Gasteiger partial charge in [-0.25, -0.2) is 9.97 Å². The van der Waals surface area contributed by atoms with Crippen molar-refractivity contribution in [2.24, 2.45) is 0 Å². The minimum absolute atomic E-state index is 0.632. The van der Waals surface area contributed by atoms with E-state index in [1.54, 1.807) is 13.2 Å². The normalized spacial score (nSPS) is 10.7. The number of methoxy groups -OCH3 is 1. The monoisotopic (exact) mass is 305 g/mol. The van der Waals surface area contributed by atoms with Gasteiger partial charge in [0, 0.05) is 17.3 Å². The number of benzene rings is 1. The number of rotatable bonds is 6. The molecule has 1 heterocycles. The number of hydrogen-bond acceptors (Lipinski definition) is 4. The van der Waals surface area contributed by atoms with Crippen LogP contribution >= 0.6 is 11.6 Å².